The largest absolute Gasteiger partial charge is 0.290 e. The van der Waals surface area contributed by atoms with E-state index >= 15 is 0 Å². The second-order valence-electron chi connectivity index (χ2n) is 3.75. The molecule has 0 saturated heterocycles. The lowest BCUT2D eigenvalue weighted by molar-refractivity contribution is 0.0983. The van der Waals surface area contributed by atoms with E-state index in [1.807, 2.05) is 24.3 Å². The van der Waals surface area contributed by atoms with E-state index in [-0.39, 0.29) is 18.0 Å². The quantitative estimate of drug-likeness (QED) is 0.675. The molecule has 0 aliphatic carbocycles. The van der Waals surface area contributed by atoms with E-state index in [0.717, 1.165) is 15.2 Å². The molecule has 0 aliphatic heterocycles. The summed E-state index contributed by atoms with van der Waals surface area (Å²) in [6.07, 6.45) is 3.39. The Balaban J connectivity index is 1.86. The molecule has 0 fully saturated rings. The van der Waals surface area contributed by atoms with Crippen LogP contribution in [0.4, 0.5) is 0 Å². The van der Waals surface area contributed by atoms with Crippen molar-refractivity contribution in [1.82, 2.24) is 15.0 Å². The lowest BCUT2D eigenvalue weighted by Gasteiger charge is -1.94. The van der Waals surface area contributed by atoms with Gasteiger partial charge in [-0.2, -0.15) is 0 Å². The smallest absolute Gasteiger partial charge is 0.206 e. The number of para-hydroxylation sites is 1. The van der Waals surface area contributed by atoms with Gasteiger partial charge in [0.25, 0.3) is 0 Å². The van der Waals surface area contributed by atoms with Gasteiger partial charge in [-0.05, 0) is 18.2 Å². The lowest BCUT2D eigenvalue weighted by atomic mass is 10.3. The van der Waals surface area contributed by atoms with Crippen molar-refractivity contribution in [2.45, 2.75) is 6.42 Å². The molecule has 4 nitrogen and oxygen atoms in total. The first-order valence-electron chi connectivity index (χ1n) is 5.47. The predicted molar refractivity (Wildman–Crippen MR) is 69.7 cm³/mol. The van der Waals surface area contributed by atoms with Crippen LogP contribution in [0.5, 0.6) is 0 Å². The third-order valence-corrected chi connectivity index (χ3v) is 3.50. The normalized spacial score (nSPS) is 10.7. The fraction of sp³-hybridized carbons (Fsp3) is 0.0769. The zero-order valence-corrected chi connectivity index (χ0v) is 10.2. The van der Waals surface area contributed by atoms with Crippen LogP contribution in [0.15, 0.2) is 42.7 Å². The average molecular weight is 255 g/mol. The van der Waals surface area contributed by atoms with Crippen LogP contribution in [0.2, 0.25) is 0 Å². The number of thiazole rings is 1. The summed E-state index contributed by atoms with van der Waals surface area (Å²) in [5.74, 6) is 0.145. The van der Waals surface area contributed by atoms with Crippen molar-refractivity contribution < 1.29 is 4.79 Å². The van der Waals surface area contributed by atoms with Crippen molar-refractivity contribution in [2.24, 2.45) is 0 Å². The van der Waals surface area contributed by atoms with Crippen LogP contribution in [0.25, 0.3) is 10.2 Å². The van der Waals surface area contributed by atoms with Gasteiger partial charge in [0.1, 0.15) is 5.01 Å². The highest BCUT2D eigenvalue weighted by molar-refractivity contribution is 7.18. The molecule has 0 aliphatic rings. The zero-order chi connectivity index (χ0) is 12.4. The maximum atomic E-state index is 11.9. The summed E-state index contributed by atoms with van der Waals surface area (Å²) in [4.78, 5) is 24.2. The van der Waals surface area contributed by atoms with Crippen LogP contribution < -0.4 is 0 Å². The molecule has 0 radical (unpaired) electrons. The molecule has 5 heteroatoms. The highest BCUT2D eigenvalue weighted by atomic mass is 32.1. The number of Topliss-reactive ketones (excluding diaryl/α,β-unsaturated/α-hetero) is 1. The van der Waals surface area contributed by atoms with Crippen molar-refractivity contribution >= 4 is 27.3 Å². The molecule has 0 unspecified atom stereocenters. The zero-order valence-electron chi connectivity index (χ0n) is 9.41. The molecular weight excluding hydrogens is 246 g/mol. The van der Waals surface area contributed by atoms with Crippen LogP contribution in [-0.2, 0) is 6.42 Å². The van der Waals surface area contributed by atoms with Gasteiger partial charge in [-0.25, -0.2) is 15.0 Å². The molecule has 0 atom stereocenters. The van der Waals surface area contributed by atoms with Gasteiger partial charge in [-0.1, -0.05) is 12.1 Å². The molecule has 0 spiro atoms. The van der Waals surface area contributed by atoms with Crippen molar-refractivity contribution in [1.29, 1.82) is 0 Å². The number of aromatic nitrogens is 3. The van der Waals surface area contributed by atoms with E-state index in [0.29, 0.717) is 0 Å². The van der Waals surface area contributed by atoms with E-state index < -0.39 is 0 Å². The van der Waals surface area contributed by atoms with E-state index in [1.54, 1.807) is 18.5 Å². The first-order valence-corrected chi connectivity index (χ1v) is 6.29. The molecule has 88 valence electrons. The molecule has 2 aromatic heterocycles. The Kier molecular flexibility index (Phi) is 2.82. The summed E-state index contributed by atoms with van der Waals surface area (Å²) >= 11 is 1.53. The fourth-order valence-corrected chi connectivity index (χ4v) is 2.62. The standard InChI is InChI=1S/C13H9N3OS/c17-10(13-14-6-3-7-15-13)8-12-16-9-4-1-2-5-11(9)18-12/h1-7H,8H2. The summed E-state index contributed by atoms with van der Waals surface area (Å²) in [6.45, 7) is 0. The highest BCUT2D eigenvalue weighted by Crippen LogP contribution is 2.22. The SMILES string of the molecule is O=C(Cc1nc2ccccc2s1)c1ncccn1. The van der Waals surface area contributed by atoms with E-state index in [9.17, 15) is 4.79 Å². The number of carbonyl (C=O) groups is 1. The van der Waals surface area contributed by atoms with Gasteiger partial charge in [-0.15, -0.1) is 11.3 Å². The molecule has 3 aromatic rings. The van der Waals surface area contributed by atoms with Gasteiger partial charge in [0.2, 0.25) is 5.78 Å². The van der Waals surface area contributed by atoms with Crippen molar-refractivity contribution in [2.75, 3.05) is 0 Å². The van der Waals surface area contributed by atoms with Gasteiger partial charge in [-0.3, -0.25) is 4.79 Å². The minimum atomic E-state index is -0.102. The van der Waals surface area contributed by atoms with Gasteiger partial charge in [0.15, 0.2) is 5.82 Å². The Bertz CT molecular complexity index is 661. The van der Waals surface area contributed by atoms with Gasteiger partial charge in [0.05, 0.1) is 16.6 Å². The van der Waals surface area contributed by atoms with E-state index in [2.05, 4.69) is 15.0 Å². The number of rotatable bonds is 3. The number of carbonyl (C=O) groups excluding carboxylic acids is 1. The minimum Gasteiger partial charge on any atom is -0.290 e. The Morgan fingerprint density at radius 2 is 1.89 bits per heavy atom. The number of ketones is 1. The number of benzene rings is 1. The maximum Gasteiger partial charge on any atom is 0.206 e. The molecule has 3 rings (SSSR count). The monoisotopic (exact) mass is 255 g/mol. The highest BCUT2D eigenvalue weighted by Gasteiger charge is 2.12. The summed E-state index contributed by atoms with van der Waals surface area (Å²) in [7, 11) is 0. The third kappa shape index (κ3) is 2.12. The predicted octanol–water partition coefficient (Wildman–Crippen LogP) is 2.51. The van der Waals surface area contributed by atoms with Crippen LogP contribution in [0.1, 0.15) is 15.6 Å². The van der Waals surface area contributed by atoms with Gasteiger partial charge in [0, 0.05) is 12.4 Å². The summed E-state index contributed by atoms with van der Waals surface area (Å²) in [6, 6.07) is 9.54. The molecule has 0 N–H and O–H groups in total. The van der Waals surface area contributed by atoms with Crippen LogP contribution in [0.3, 0.4) is 0 Å². The topological polar surface area (TPSA) is 55.7 Å². The molecule has 18 heavy (non-hydrogen) atoms. The number of hydrogen-bond donors (Lipinski definition) is 0. The molecule has 1 aromatic carbocycles. The fourth-order valence-electron chi connectivity index (χ4n) is 1.66. The summed E-state index contributed by atoms with van der Waals surface area (Å²) < 4.78 is 1.09. The van der Waals surface area contributed by atoms with Crippen molar-refractivity contribution in [3.63, 3.8) is 0 Å². The number of hydrogen-bond acceptors (Lipinski definition) is 5. The molecule has 2 heterocycles. The van der Waals surface area contributed by atoms with Crippen LogP contribution in [-0.4, -0.2) is 20.7 Å². The molecule has 0 bridgehead atoms. The first-order chi connectivity index (χ1) is 8.83. The second kappa shape index (κ2) is 4.62. The van der Waals surface area contributed by atoms with Gasteiger partial charge >= 0.3 is 0 Å². The van der Waals surface area contributed by atoms with E-state index in [4.69, 9.17) is 0 Å². The Hall–Kier alpha value is -2.14. The molecule has 0 saturated carbocycles. The summed E-state index contributed by atoms with van der Waals surface area (Å²) in [5, 5.41) is 0.800. The second-order valence-corrected chi connectivity index (χ2v) is 4.86. The third-order valence-electron chi connectivity index (χ3n) is 2.47. The van der Waals surface area contributed by atoms with Gasteiger partial charge < -0.3 is 0 Å². The Morgan fingerprint density at radius 1 is 1.11 bits per heavy atom. The van der Waals surface area contributed by atoms with Crippen LogP contribution in [0, 0.1) is 0 Å². The first kappa shape index (κ1) is 11.0. The Labute approximate surface area is 107 Å². The van der Waals surface area contributed by atoms with Crippen molar-refractivity contribution in [3.05, 3.63) is 53.6 Å². The molecular formula is C13H9N3OS. The summed E-state index contributed by atoms with van der Waals surface area (Å²) in [5.41, 5.74) is 0.930. The number of nitrogens with zero attached hydrogens (tertiary/aromatic N) is 3. The van der Waals surface area contributed by atoms with Crippen LogP contribution >= 0.6 is 11.3 Å². The minimum absolute atomic E-state index is 0.102. The van der Waals surface area contributed by atoms with Crippen molar-refractivity contribution in [3.8, 4) is 0 Å². The number of fused-ring (bicyclic) bond motifs is 1. The lowest BCUT2D eigenvalue weighted by Crippen LogP contribution is -2.07. The molecule has 0 amide bonds. The maximum absolute atomic E-state index is 11.9. The Morgan fingerprint density at radius 3 is 2.67 bits per heavy atom. The van der Waals surface area contributed by atoms with E-state index in [1.165, 1.54) is 11.3 Å². The average Bonchev–Trinajstić information content (AvgIpc) is 2.82.